The Kier molecular flexibility index (Phi) is 4.10. The van der Waals surface area contributed by atoms with Crippen molar-refractivity contribution in [3.8, 4) is 0 Å². The minimum atomic E-state index is 0.248. The number of hydrogen-bond acceptors (Lipinski definition) is 2. The average Bonchev–Trinajstić information content (AvgIpc) is 2.28. The SMILES string of the molecule is CC(C)(C)C1CN(c2ccc(Cl)cc2Cl)CCN1. The molecule has 1 aliphatic heterocycles. The van der Waals surface area contributed by atoms with Gasteiger partial charge < -0.3 is 10.2 Å². The monoisotopic (exact) mass is 286 g/mol. The molecule has 0 saturated carbocycles. The van der Waals surface area contributed by atoms with Gasteiger partial charge in [-0.05, 0) is 23.6 Å². The molecule has 100 valence electrons. The fourth-order valence-corrected chi connectivity index (χ4v) is 2.81. The van der Waals surface area contributed by atoms with Crippen molar-refractivity contribution >= 4 is 28.9 Å². The highest BCUT2D eigenvalue weighted by Gasteiger charge is 2.29. The molecule has 1 aromatic rings. The number of halogens is 2. The first-order chi connectivity index (χ1) is 8.38. The summed E-state index contributed by atoms with van der Waals surface area (Å²) in [6, 6.07) is 6.19. The van der Waals surface area contributed by atoms with Gasteiger partial charge in [0, 0.05) is 30.7 Å². The van der Waals surface area contributed by atoms with Gasteiger partial charge in [0.05, 0.1) is 10.7 Å². The van der Waals surface area contributed by atoms with Crippen LogP contribution in [0, 0.1) is 5.41 Å². The summed E-state index contributed by atoms with van der Waals surface area (Å²) in [4.78, 5) is 2.34. The van der Waals surface area contributed by atoms with Crippen LogP contribution in [0.4, 0.5) is 5.69 Å². The van der Waals surface area contributed by atoms with Crippen LogP contribution >= 0.6 is 23.2 Å². The summed E-state index contributed by atoms with van der Waals surface area (Å²) in [6.07, 6.45) is 0. The van der Waals surface area contributed by atoms with E-state index in [1.807, 2.05) is 18.2 Å². The zero-order valence-corrected chi connectivity index (χ0v) is 12.6. The van der Waals surface area contributed by atoms with E-state index in [4.69, 9.17) is 23.2 Å². The van der Waals surface area contributed by atoms with Crippen LogP contribution in [0.1, 0.15) is 20.8 Å². The second-order valence-electron chi connectivity index (χ2n) is 5.91. The molecular formula is C14H20Cl2N2. The van der Waals surface area contributed by atoms with E-state index in [1.54, 1.807) is 0 Å². The highest BCUT2D eigenvalue weighted by molar-refractivity contribution is 6.36. The van der Waals surface area contributed by atoms with Crippen LogP contribution in [0.15, 0.2) is 18.2 Å². The van der Waals surface area contributed by atoms with Crippen LogP contribution in [-0.2, 0) is 0 Å². The molecule has 1 aromatic carbocycles. The van der Waals surface area contributed by atoms with Crippen LogP contribution in [0.3, 0.4) is 0 Å². The van der Waals surface area contributed by atoms with Crippen LogP contribution < -0.4 is 10.2 Å². The fourth-order valence-electron chi connectivity index (χ4n) is 2.29. The summed E-state index contributed by atoms with van der Waals surface area (Å²) in [7, 11) is 0. The minimum Gasteiger partial charge on any atom is -0.367 e. The zero-order chi connectivity index (χ0) is 13.3. The highest BCUT2D eigenvalue weighted by atomic mass is 35.5. The lowest BCUT2D eigenvalue weighted by molar-refractivity contribution is 0.254. The maximum absolute atomic E-state index is 6.28. The van der Waals surface area contributed by atoms with Gasteiger partial charge in [0.25, 0.3) is 0 Å². The minimum absolute atomic E-state index is 0.248. The number of nitrogens with one attached hydrogen (secondary N) is 1. The number of benzene rings is 1. The van der Waals surface area contributed by atoms with Gasteiger partial charge in [0.15, 0.2) is 0 Å². The molecule has 0 bridgehead atoms. The summed E-state index contributed by atoms with van der Waals surface area (Å²) >= 11 is 12.2. The number of nitrogens with zero attached hydrogens (tertiary/aromatic N) is 1. The summed E-state index contributed by atoms with van der Waals surface area (Å²) in [5.74, 6) is 0. The predicted molar refractivity (Wildman–Crippen MR) is 79.9 cm³/mol. The Hall–Kier alpha value is -0.440. The lowest BCUT2D eigenvalue weighted by atomic mass is 9.85. The predicted octanol–water partition coefficient (Wildman–Crippen LogP) is 3.82. The van der Waals surface area contributed by atoms with E-state index in [2.05, 4.69) is 31.0 Å². The lowest BCUT2D eigenvalue weighted by Gasteiger charge is -2.41. The van der Waals surface area contributed by atoms with E-state index >= 15 is 0 Å². The van der Waals surface area contributed by atoms with Gasteiger partial charge in [-0.1, -0.05) is 44.0 Å². The first kappa shape index (κ1) is 14.0. The molecule has 1 unspecified atom stereocenters. The molecule has 0 aromatic heterocycles. The van der Waals surface area contributed by atoms with Gasteiger partial charge in [0.2, 0.25) is 0 Å². The highest BCUT2D eigenvalue weighted by Crippen LogP contribution is 2.31. The summed E-state index contributed by atoms with van der Waals surface area (Å²) in [6.45, 7) is 9.73. The van der Waals surface area contributed by atoms with Crippen molar-refractivity contribution in [1.82, 2.24) is 5.32 Å². The number of hydrogen-bond donors (Lipinski definition) is 1. The van der Waals surface area contributed by atoms with Crippen molar-refractivity contribution in [1.29, 1.82) is 0 Å². The third kappa shape index (κ3) is 3.11. The number of rotatable bonds is 1. The van der Waals surface area contributed by atoms with Crippen molar-refractivity contribution in [2.24, 2.45) is 5.41 Å². The zero-order valence-electron chi connectivity index (χ0n) is 11.1. The van der Waals surface area contributed by atoms with E-state index in [-0.39, 0.29) is 5.41 Å². The molecule has 1 saturated heterocycles. The van der Waals surface area contributed by atoms with Crippen molar-refractivity contribution in [2.75, 3.05) is 24.5 Å². The van der Waals surface area contributed by atoms with Crippen molar-refractivity contribution in [2.45, 2.75) is 26.8 Å². The molecule has 1 heterocycles. The molecule has 1 atom stereocenters. The fraction of sp³-hybridized carbons (Fsp3) is 0.571. The smallest absolute Gasteiger partial charge is 0.0654 e. The van der Waals surface area contributed by atoms with Crippen molar-refractivity contribution in [3.05, 3.63) is 28.2 Å². The quantitative estimate of drug-likeness (QED) is 0.844. The van der Waals surface area contributed by atoms with Crippen LogP contribution in [0.2, 0.25) is 10.0 Å². The molecule has 1 fully saturated rings. The Morgan fingerprint density at radius 3 is 2.61 bits per heavy atom. The molecule has 2 rings (SSSR count). The van der Waals surface area contributed by atoms with E-state index < -0.39 is 0 Å². The van der Waals surface area contributed by atoms with Gasteiger partial charge >= 0.3 is 0 Å². The lowest BCUT2D eigenvalue weighted by Crippen LogP contribution is -2.56. The molecular weight excluding hydrogens is 267 g/mol. The normalized spacial score (nSPS) is 21.2. The number of piperazine rings is 1. The summed E-state index contributed by atoms with van der Waals surface area (Å²) in [5, 5.41) is 5.00. The maximum Gasteiger partial charge on any atom is 0.0654 e. The van der Waals surface area contributed by atoms with Crippen molar-refractivity contribution in [3.63, 3.8) is 0 Å². The molecule has 18 heavy (non-hydrogen) atoms. The standard InChI is InChI=1S/C14H20Cl2N2/c1-14(2,3)13-9-18(7-6-17-13)12-5-4-10(15)8-11(12)16/h4-5,8,13,17H,6-7,9H2,1-3H3. The largest absolute Gasteiger partial charge is 0.367 e. The third-order valence-corrected chi connectivity index (χ3v) is 4.01. The molecule has 4 heteroatoms. The molecule has 2 nitrogen and oxygen atoms in total. The molecule has 1 aliphatic rings. The first-order valence-electron chi connectivity index (χ1n) is 6.31. The number of anilines is 1. The van der Waals surface area contributed by atoms with Crippen LogP contribution in [-0.4, -0.2) is 25.7 Å². The average molecular weight is 287 g/mol. The second-order valence-corrected chi connectivity index (χ2v) is 6.76. The summed E-state index contributed by atoms with van der Waals surface area (Å²) in [5.41, 5.74) is 1.33. The first-order valence-corrected chi connectivity index (χ1v) is 7.07. The Bertz CT molecular complexity index is 426. The van der Waals surface area contributed by atoms with Gasteiger partial charge in [-0.2, -0.15) is 0 Å². The molecule has 0 radical (unpaired) electrons. The maximum atomic E-state index is 6.28. The topological polar surface area (TPSA) is 15.3 Å². The summed E-state index contributed by atoms with van der Waals surface area (Å²) < 4.78 is 0. The molecule has 0 aliphatic carbocycles. The Labute approximate surface area is 119 Å². The van der Waals surface area contributed by atoms with Gasteiger partial charge in [-0.15, -0.1) is 0 Å². The van der Waals surface area contributed by atoms with E-state index in [0.717, 1.165) is 30.3 Å². The molecule has 1 N–H and O–H groups in total. The van der Waals surface area contributed by atoms with Crippen LogP contribution in [0.25, 0.3) is 0 Å². The molecule has 0 spiro atoms. The van der Waals surface area contributed by atoms with Gasteiger partial charge in [-0.3, -0.25) is 0 Å². The Morgan fingerprint density at radius 2 is 2.00 bits per heavy atom. The third-order valence-electron chi connectivity index (χ3n) is 3.47. The van der Waals surface area contributed by atoms with E-state index in [9.17, 15) is 0 Å². The van der Waals surface area contributed by atoms with Gasteiger partial charge in [0.1, 0.15) is 0 Å². The van der Waals surface area contributed by atoms with E-state index in [1.165, 1.54) is 0 Å². The second kappa shape index (κ2) is 5.28. The van der Waals surface area contributed by atoms with Crippen molar-refractivity contribution < 1.29 is 0 Å². The van der Waals surface area contributed by atoms with Gasteiger partial charge in [-0.25, -0.2) is 0 Å². The molecule has 0 amide bonds. The Balaban J connectivity index is 2.18. The van der Waals surface area contributed by atoms with Crippen LogP contribution in [0.5, 0.6) is 0 Å². The van der Waals surface area contributed by atoms with E-state index in [0.29, 0.717) is 11.1 Å². The Morgan fingerprint density at radius 1 is 1.28 bits per heavy atom.